The maximum atomic E-state index is 5.80. The molecule has 108 valence electrons. The largest absolute Gasteiger partial charge is 0.497 e. The standard InChI is InChI=1S/C14H20N4O2/c1-3-6-18-14(16-10-17-18)9-20-13-5-4-12(19-2)7-11(13)8-15/h4-5,7,10H,3,6,8-9,15H2,1-2H3. The minimum Gasteiger partial charge on any atom is -0.497 e. The average molecular weight is 276 g/mol. The van der Waals surface area contributed by atoms with Gasteiger partial charge in [0.15, 0.2) is 5.82 Å². The van der Waals surface area contributed by atoms with E-state index in [9.17, 15) is 0 Å². The molecule has 6 nitrogen and oxygen atoms in total. The van der Waals surface area contributed by atoms with Gasteiger partial charge in [-0.05, 0) is 24.6 Å². The van der Waals surface area contributed by atoms with E-state index >= 15 is 0 Å². The normalized spacial score (nSPS) is 10.6. The molecule has 0 aliphatic rings. The summed E-state index contributed by atoms with van der Waals surface area (Å²) in [5.74, 6) is 2.33. The van der Waals surface area contributed by atoms with Gasteiger partial charge >= 0.3 is 0 Å². The van der Waals surface area contributed by atoms with Gasteiger partial charge in [0.25, 0.3) is 0 Å². The van der Waals surface area contributed by atoms with E-state index in [-0.39, 0.29) is 0 Å². The predicted molar refractivity (Wildman–Crippen MR) is 75.5 cm³/mol. The van der Waals surface area contributed by atoms with Crippen LogP contribution in [0.5, 0.6) is 11.5 Å². The number of rotatable bonds is 7. The van der Waals surface area contributed by atoms with Gasteiger partial charge in [-0.25, -0.2) is 9.67 Å². The summed E-state index contributed by atoms with van der Waals surface area (Å²) in [6.07, 6.45) is 2.55. The average Bonchev–Trinajstić information content (AvgIpc) is 2.92. The number of aromatic nitrogens is 3. The zero-order valence-corrected chi connectivity index (χ0v) is 11.9. The number of hydrogen-bond acceptors (Lipinski definition) is 5. The third kappa shape index (κ3) is 3.27. The predicted octanol–water partition coefficient (Wildman–Crippen LogP) is 1.73. The Morgan fingerprint density at radius 2 is 2.20 bits per heavy atom. The lowest BCUT2D eigenvalue weighted by molar-refractivity contribution is 0.282. The highest BCUT2D eigenvalue weighted by Crippen LogP contribution is 2.24. The fourth-order valence-electron chi connectivity index (χ4n) is 1.92. The zero-order valence-electron chi connectivity index (χ0n) is 11.9. The van der Waals surface area contributed by atoms with Gasteiger partial charge in [-0.15, -0.1) is 0 Å². The summed E-state index contributed by atoms with van der Waals surface area (Å²) in [5, 5.41) is 4.17. The van der Waals surface area contributed by atoms with Gasteiger partial charge in [-0.3, -0.25) is 0 Å². The van der Waals surface area contributed by atoms with Crippen LogP contribution in [0.15, 0.2) is 24.5 Å². The van der Waals surface area contributed by atoms with Crippen LogP contribution < -0.4 is 15.2 Å². The summed E-state index contributed by atoms with van der Waals surface area (Å²) in [5.41, 5.74) is 6.64. The van der Waals surface area contributed by atoms with E-state index in [1.54, 1.807) is 13.4 Å². The maximum absolute atomic E-state index is 5.80. The first-order valence-corrected chi connectivity index (χ1v) is 6.65. The van der Waals surface area contributed by atoms with Crippen LogP contribution in [-0.4, -0.2) is 21.9 Å². The Morgan fingerprint density at radius 3 is 2.90 bits per heavy atom. The molecule has 2 aromatic rings. The van der Waals surface area contributed by atoms with Crippen LogP contribution in [0.1, 0.15) is 24.7 Å². The van der Waals surface area contributed by atoms with Crippen molar-refractivity contribution in [2.45, 2.75) is 33.0 Å². The van der Waals surface area contributed by atoms with Gasteiger partial charge < -0.3 is 15.2 Å². The molecular formula is C14H20N4O2. The number of benzene rings is 1. The molecule has 0 spiro atoms. The van der Waals surface area contributed by atoms with E-state index in [0.717, 1.165) is 35.9 Å². The van der Waals surface area contributed by atoms with Crippen LogP contribution in [-0.2, 0) is 19.7 Å². The lowest BCUT2D eigenvalue weighted by Crippen LogP contribution is -2.10. The molecule has 0 unspecified atom stereocenters. The monoisotopic (exact) mass is 276 g/mol. The van der Waals surface area contributed by atoms with Crippen molar-refractivity contribution >= 4 is 0 Å². The van der Waals surface area contributed by atoms with E-state index in [1.165, 1.54) is 0 Å². The van der Waals surface area contributed by atoms with Crippen molar-refractivity contribution in [3.63, 3.8) is 0 Å². The molecule has 0 atom stereocenters. The lowest BCUT2D eigenvalue weighted by atomic mass is 10.2. The number of nitrogens with two attached hydrogens (primary N) is 1. The van der Waals surface area contributed by atoms with Gasteiger partial charge in [0.1, 0.15) is 24.4 Å². The zero-order chi connectivity index (χ0) is 14.4. The van der Waals surface area contributed by atoms with E-state index in [0.29, 0.717) is 13.2 Å². The van der Waals surface area contributed by atoms with Gasteiger partial charge in [-0.2, -0.15) is 5.10 Å². The smallest absolute Gasteiger partial charge is 0.164 e. The number of aryl methyl sites for hydroxylation is 1. The Balaban J connectivity index is 2.08. The quantitative estimate of drug-likeness (QED) is 0.833. The molecule has 1 aromatic carbocycles. The Hall–Kier alpha value is -2.08. The molecule has 2 N–H and O–H groups in total. The Morgan fingerprint density at radius 1 is 1.35 bits per heavy atom. The summed E-state index contributed by atoms with van der Waals surface area (Å²) < 4.78 is 12.8. The molecule has 0 aliphatic carbocycles. The number of methoxy groups -OCH3 is 1. The fraction of sp³-hybridized carbons (Fsp3) is 0.429. The van der Waals surface area contributed by atoms with E-state index in [1.807, 2.05) is 22.9 Å². The van der Waals surface area contributed by atoms with E-state index in [4.69, 9.17) is 15.2 Å². The van der Waals surface area contributed by atoms with Crippen LogP contribution in [0.4, 0.5) is 0 Å². The Labute approximate surface area is 118 Å². The van der Waals surface area contributed by atoms with Gasteiger partial charge in [0.05, 0.1) is 7.11 Å². The highest BCUT2D eigenvalue weighted by atomic mass is 16.5. The molecule has 0 saturated carbocycles. The van der Waals surface area contributed by atoms with Crippen LogP contribution in [0, 0.1) is 0 Å². The second-order valence-electron chi connectivity index (χ2n) is 4.37. The molecule has 0 saturated heterocycles. The van der Waals surface area contributed by atoms with Gasteiger partial charge in [-0.1, -0.05) is 6.92 Å². The summed E-state index contributed by atoms with van der Waals surface area (Å²) in [7, 11) is 1.63. The number of hydrogen-bond donors (Lipinski definition) is 1. The molecule has 1 heterocycles. The second-order valence-corrected chi connectivity index (χ2v) is 4.37. The van der Waals surface area contributed by atoms with Crippen LogP contribution >= 0.6 is 0 Å². The van der Waals surface area contributed by atoms with E-state index < -0.39 is 0 Å². The molecule has 20 heavy (non-hydrogen) atoms. The van der Waals surface area contributed by atoms with E-state index in [2.05, 4.69) is 17.0 Å². The fourth-order valence-corrected chi connectivity index (χ4v) is 1.92. The topological polar surface area (TPSA) is 75.2 Å². The van der Waals surface area contributed by atoms with Crippen molar-refractivity contribution in [3.8, 4) is 11.5 Å². The first kappa shape index (κ1) is 14.3. The van der Waals surface area contributed by atoms with Crippen molar-refractivity contribution < 1.29 is 9.47 Å². The Bertz CT molecular complexity index is 554. The summed E-state index contributed by atoms with van der Waals surface area (Å²) in [6.45, 7) is 3.71. The van der Waals surface area contributed by atoms with Gasteiger partial charge in [0.2, 0.25) is 0 Å². The molecule has 0 aliphatic heterocycles. The molecule has 6 heteroatoms. The summed E-state index contributed by atoms with van der Waals surface area (Å²) in [6, 6.07) is 5.60. The Kier molecular flexibility index (Phi) is 4.95. The number of ether oxygens (including phenoxy) is 2. The summed E-state index contributed by atoms with van der Waals surface area (Å²) in [4.78, 5) is 4.21. The van der Waals surface area contributed by atoms with Crippen LogP contribution in [0.25, 0.3) is 0 Å². The second kappa shape index (κ2) is 6.91. The molecule has 0 bridgehead atoms. The third-order valence-electron chi connectivity index (χ3n) is 2.98. The maximum Gasteiger partial charge on any atom is 0.164 e. The molecule has 1 aromatic heterocycles. The first-order valence-electron chi connectivity index (χ1n) is 6.65. The van der Waals surface area contributed by atoms with Crippen molar-refractivity contribution in [1.82, 2.24) is 14.8 Å². The lowest BCUT2D eigenvalue weighted by Gasteiger charge is -2.12. The molecular weight excluding hydrogens is 256 g/mol. The molecule has 0 amide bonds. The third-order valence-corrected chi connectivity index (χ3v) is 2.98. The number of nitrogens with zero attached hydrogens (tertiary/aromatic N) is 3. The van der Waals surface area contributed by atoms with Crippen molar-refractivity contribution in [2.24, 2.45) is 5.73 Å². The van der Waals surface area contributed by atoms with Gasteiger partial charge in [0, 0.05) is 18.7 Å². The molecule has 0 radical (unpaired) electrons. The first-order chi connectivity index (χ1) is 9.78. The minimum absolute atomic E-state index is 0.374. The minimum atomic E-state index is 0.374. The summed E-state index contributed by atoms with van der Waals surface area (Å²) >= 11 is 0. The molecule has 2 rings (SSSR count). The molecule has 0 fully saturated rings. The van der Waals surface area contributed by atoms with Crippen molar-refractivity contribution in [2.75, 3.05) is 7.11 Å². The SMILES string of the molecule is CCCn1ncnc1COc1ccc(OC)cc1CN. The van der Waals surface area contributed by atoms with Crippen molar-refractivity contribution in [3.05, 3.63) is 35.9 Å². The van der Waals surface area contributed by atoms with Crippen molar-refractivity contribution in [1.29, 1.82) is 0 Å². The van der Waals surface area contributed by atoms with Crippen LogP contribution in [0.3, 0.4) is 0 Å². The van der Waals surface area contributed by atoms with Crippen LogP contribution in [0.2, 0.25) is 0 Å². The highest BCUT2D eigenvalue weighted by molar-refractivity contribution is 5.40. The highest BCUT2D eigenvalue weighted by Gasteiger charge is 2.08.